The molecule has 2 unspecified atom stereocenters. The van der Waals surface area contributed by atoms with Crippen molar-refractivity contribution in [2.45, 2.75) is 37.6 Å². The zero-order valence-corrected chi connectivity index (χ0v) is 24.8. The molecule has 0 N–H and O–H groups in total. The number of nitrogens with zero attached hydrogens (tertiary/aromatic N) is 2. The maximum absolute atomic E-state index is 12.3. The quantitative estimate of drug-likeness (QED) is 0.106. The third kappa shape index (κ3) is 6.24. The lowest BCUT2D eigenvalue weighted by Gasteiger charge is -2.34. The van der Waals surface area contributed by atoms with Crippen LogP contribution in [0.25, 0.3) is 17.2 Å². The van der Waals surface area contributed by atoms with E-state index in [0.717, 1.165) is 0 Å². The third-order valence-electron chi connectivity index (χ3n) is 7.16. The van der Waals surface area contributed by atoms with Crippen LogP contribution in [0.4, 0.5) is 5.69 Å². The van der Waals surface area contributed by atoms with Crippen molar-refractivity contribution < 1.29 is 39.7 Å². The summed E-state index contributed by atoms with van der Waals surface area (Å²) >= 11 is 12.4. The first-order chi connectivity index (χ1) is 19.4. The molecule has 1 fully saturated rings. The van der Waals surface area contributed by atoms with Gasteiger partial charge in [0.15, 0.2) is 33.5 Å². The summed E-state index contributed by atoms with van der Waals surface area (Å²) in [5.74, 6) is 0.797. The van der Waals surface area contributed by atoms with Gasteiger partial charge in [-0.15, -0.1) is 0 Å². The summed E-state index contributed by atoms with van der Waals surface area (Å²) in [6.07, 6.45) is 9.81. The van der Waals surface area contributed by atoms with Crippen LogP contribution in [0, 0.1) is 0 Å². The minimum absolute atomic E-state index is 0.205. The van der Waals surface area contributed by atoms with E-state index in [1.54, 1.807) is 66.8 Å². The van der Waals surface area contributed by atoms with Gasteiger partial charge in [-0.3, -0.25) is 0 Å². The first-order valence-corrected chi connectivity index (χ1v) is 16.6. The van der Waals surface area contributed by atoms with Crippen molar-refractivity contribution in [1.82, 2.24) is 4.48 Å². The molecular formula is C27H26Cl2N2O8S2. The molecule has 0 radical (unpaired) electrons. The molecular weight excluding hydrogens is 615 g/mol. The lowest BCUT2D eigenvalue weighted by molar-refractivity contribution is -0.678. The van der Waals surface area contributed by atoms with Gasteiger partial charge in [-0.1, -0.05) is 41.4 Å². The molecule has 2 aliphatic rings. The molecule has 2 atom stereocenters. The molecule has 3 aromatic rings. The van der Waals surface area contributed by atoms with Crippen molar-refractivity contribution in [3.05, 3.63) is 82.5 Å². The Morgan fingerprint density at radius 2 is 1.76 bits per heavy atom. The van der Waals surface area contributed by atoms with Gasteiger partial charge in [0.1, 0.15) is 0 Å². The average molecular weight is 642 g/mol. The van der Waals surface area contributed by atoms with Gasteiger partial charge in [-0.05, 0) is 30.7 Å². The summed E-state index contributed by atoms with van der Waals surface area (Å²) in [7, 11) is -8.94. The van der Waals surface area contributed by atoms with Gasteiger partial charge in [-0.2, -0.15) is 4.57 Å². The Balaban J connectivity index is 1.41. The number of aromatic nitrogens is 1. The molecule has 0 saturated carbocycles. The molecule has 41 heavy (non-hydrogen) atoms. The highest BCUT2D eigenvalue weighted by atomic mass is 35.5. The largest absolute Gasteiger partial charge is 0.748 e. The molecule has 0 aliphatic carbocycles. The van der Waals surface area contributed by atoms with Gasteiger partial charge < -0.3 is 18.3 Å². The van der Waals surface area contributed by atoms with Crippen LogP contribution in [0.2, 0.25) is 10.0 Å². The highest BCUT2D eigenvalue weighted by Crippen LogP contribution is 2.52. The number of ether oxygens (including phenoxy) is 1. The maximum atomic E-state index is 12.3. The lowest BCUT2D eigenvalue weighted by Crippen LogP contribution is -2.54. The number of allylic oxidation sites excluding steroid dienone is 4. The van der Waals surface area contributed by atoms with E-state index in [2.05, 4.69) is 0 Å². The van der Waals surface area contributed by atoms with E-state index < -0.39 is 31.4 Å². The lowest BCUT2D eigenvalue weighted by atomic mass is 10.2. The van der Waals surface area contributed by atoms with E-state index in [0.29, 0.717) is 70.3 Å². The van der Waals surface area contributed by atoms with E-state index in [1.165, 1.54) is 0 Å². The van der Waals surface area contributed by atoms with Gasteiger partial charge in [-0.25, -0.2) is 21.3 Å². The number of rotatable bonds is 9. The molecule has 1 aromatic heterocycles. The smallest absolute Gasteiger partial charge is 0.374 e. The monoisotopic (exact) mass is 640 g/mol. The van der Waals surface area contributed by atoms with Crippen LogP contribution >= 0.6 is 23.2 Å². The van der Waals surface area contributed by atoms with Crippen molar-refractivity contribution in [3.8, 4) is 5.75 Å². The molecule has 1 spiro atoms. The fourth-order valence-corrected chi connectivity index (χ4v) is 7.57. The second-order valence-corrected chi connectivity index (χ2v) is 13.7. The summed E-state index contributed by atoms with van der Waals surface area (Å²) in [6.45, 7) is 0.778. The average Bonchev–Trinajstić information content (AvgIpc) is 3.56. The predicted molar refractivity (Wildman–Crippen MR) is 153 cm³/mol. The van der Waals surface area contributed by atoms with Gasteiger partial charge in [0.05, 0.1) is 22.7 Å². The first-order valence-electron chi connectivity index (χ1n) is 12.8. The molecule has 1 saturated heterocycles. The Bertz CT molecular complexity index is 1800. The van der Waals surface area contributed by atoms with Crippen LogP contribution < -0.4 is 13.8 Å². The Labute approximate surface area is 247 Å². The number of oxazole rings is 1. The number of fused-ring (bicyclic) bond motifs is 3. The number of aryl methyl sites for hydroxylation is 1. The van der Waals surface area contributed by atoms with Gasteiger partial charge >= 0.3 is 11.8 Å². The molecule has 0 bridgehead atoms. The zero-order valence-electron chi connectivity index (χ0n) is 21.6. The normalized spacial score (nSPS) is 22.0. The van der Waals surface area contributed by atoms with E-state index >= 15 is 0 Å². The maximum Gasteiger partial charge on any atom is 0.374 e. The third-order valence-corrected chi connectivity index (χ3v) is 9.68. The Morgan fingerprint density at radius 1 is 1.00 bits per heavy atom. The Hall–Kier alpha value is -2.71. The highest BCUT2D eigenvalue weighted by molar-refractivity contribution is 7.86. The van der Waals surface area contributed by atoms with Crippen LogP contribution in [-0.2, 0) is 26.8 Å². The highest BCUT2D eigenvalue weighted by Gasteiger charge is 2.57. The summed E-state index contributed by atoms with van der Waals surface area (Å²) < 4.78 is 83.2. The van der Waals surface area contributed by atoms with Gasteiger partial charge in [0.25, 0.3) is 5.52 Å². The minimum atomic E-state index is -4.65. The van der Waals surface area contributed by atoms with Crippen molar-refractivity contribution in [2.75, 3.05) is 12.3 Å². The van der Waals surface area contributed by atoms with Crippen molar-refractivity contribution in [2.24, 2.45) is 0 Å². The number of halogens is 2. The molecule has 5 rings (SSSR count). The minimum Gasteiger partial charge on any atom is -0.748 e. The number of hydrogen-bond donors (Lipinski definition) is 0. The van der Waals surface area contributed by atoms with Crippen molar-refractivity contribution >= 4 is 66.3 Å². The molecule has 2 aliphatic heterocycles. The number of quaternary nitrogens is 1. The number of unbranched alkanes of at least 4 members (excludes halogenated alkanes) is 1. The topological polar surface area (TPSA) is 141 Å². The first kappa shape index (κ1) is 29.8. The van der Waals surface area contributed by atoms with Crippen LogP contribution in [0.5, 0.6) is 5.75 Å². The SMILES string of the molecule is O=S(=O)([O-])CCCC[n+]1c(C=CC=CC=C2Oc3ccc(Cl)cc3[N+]23CCCC3S(=O)(=O)[O-])oc2ccc(Cl)cc21. The van der Waals surface area contributed by atoms with Gasteiger partial charge in [0.2, 0.25) is 5.58 Å². The second-order valence-electron chi connectivity index (χ2n) is 9.82. The van der Waals surface area contributed by atoms with Crippen LogP contribution in [-0.4, -0.2) is 43.6 Å². The fourth-order valence-electron chi connectivity index (χ4n) is 5.46. The Morgan fingerprint density at radius 3 is 2.51 bits per heavy atom. The predicted octanol–water partition coefficient (Wildman–Crippen LogP) is 4.83. The standard InChI is InChI=1S/C27H26Cl2N2O8S2/c28-19-10-12-23-21(17-19)30(14-4-5-16-40(32,33)34)25(38-23)7-2-1-3-8-26-31(15-6-9-27(31)41(35,36)37)22-18-20(29)11-13-24(22)39-26/h1-3,7-8,10-13,17-18,27H,4-6,9,14-16H2. The number of hydrogen-bond acceptors (Lipinski definition) is 8. The van der Waals surface area contributed by atoms with E-state index in [4.69, 9.17) is 32.4 Å². The zero-order chi connectivity index (χ0) is 29.4. The molecule has 14 heteroatoms. The molecule has 218 valence electrons. The van der Waals surface area contributed by atoms with Crippen molar-refractivity contribution in [1.29, 1.82) is 0 Å². The number of benzene rings is 2. The fraction of sp³-hybridized carbons (Fsp3) is 0.296. The van der Waals surface area contributed by atoms with Crippen LogP contribution in [0.15, 0.2) is 71.0 Å². The van der Waals surface area contributed by atoms with Crippen molar-refractivity contribution in [3.63, 3.8) is 0 Å². The summed E-state index contributed by atoms with van der Waals surface area (Å²) in [6, 6.07) is 10.1. The van der Waals surface area contributed by atoms with Gasteiger partial charge in [0, 0.05) is 53.3 Å². The van der Waals surface area contributed by atoms with E-state index in [1.807, 2.05) is 4.57 Å². The summed E-state index contributed by atoms with van der Waals surface area (Å²) in [5, 5.41) is -0.309. The van der Waals surface area contributed by atoms with E-state index in [-0.39, 0.29) is 17.3 Å². The molecule has 2 aromatic carbocycles. The summed E-state index contributed by atoms with van der Waals surface area (Å²) in [4.78, 5) is 0. The van der Waals surface area contributed by atoms with Crippen LogP contribution in [0.3, 0.4) is 0 Å². The molecule has 3 heterocycles. The summed E-state index contributed by atoms with van der Waals surface area (Å²) in [5.41, 5.74) is 1.84. The van der Waals surface area contributed by atoms with E-state index in [9.17, 15) is 25.9 Å². The Kier molecular flexibility index (Phi) is 8.37. The second kappa shape index (κ2) is 11.5. The van der Waals surface area contributed by atoms with Crippen LogP contribution in [0.1, 0.15) is 31.6 Å². The molecule has 0 amide bonds. The molecule has 10 nitrogen and oxygen atoms in total.